The van der Waals surface area contributed by atoms with Crippen molar-refractivity contribution in [2.24, 2.45) is 0 Å². The molecule has 1 saturated heterocycles. The lowest BCUT2D eigenvalue weighted by molar-refractivity contribution is -0.305. The van der Waals surface area contributed by atoms with E-state index in [2.05, 4.69) is 86.8 Å². The Balaban J connectivity index is 2.20. The number of aliphatic hydroxyl groups is 4. The van der Waals surface area contributed by atoms with E-state index in [0.29, 0.717) is 13.0 Å². The average Bonchev–Trinajstić information content (AvgIpc) is 3.31. The van der Waals surface area contributed by atoms with E-state index in [1.807, 2.05) is 0 Å². The van der Waals surface area contributed by atoms with Gasteiger partial charge in [-0.2, -0.15) is 0 Å². The van der Waals surface area contributed by atoms with E-state index in [1.165, 1.54) is 116 Å². The summed E-state index contributed by atoms with van der Waals surface area (Å²) >= 11 is 0. The van der Waals surface area contributed by atoms with Gasteiger partial charge in [-0.15, -0.1) is 0 Å². The summed E-state index contributed by atoms with van der Waals surface area (Å²) in [6, 6.07) is 0. The third-order valence-electron chi connectivity index (χ3n) is 11.9. The van der Waals surface area contributed by atoms with E-state index < -0.39 is 43.4 Å². The molecule has 6 atom stereocenters. The summed E-state index contributed by atoms with van der Waals surface area (Å²) in [4.78, 5) is 12.9. The number of hydrogen-bond donors (Lipinski definition) is 4. The highest BCUT2D eigenvalue weighted by Crippen LogP contribution is 2.23. The lowest BCUT2D eigenvalue weighted by atomic mass is 9.99. The van der Waals surface area contributed by atoms with Gasteiger partial charge in [0.1, 0.15) is 30.5 Å². The van der Waals surface area contributed by atoms with Crippen LogP contribution in [0, 0.1) is 0 Å². The fraction of sp³-hybridized carbons (Fsp3) is 0.768. The Labute approximate surface area is 397 Å². The van der Waals surface area contributed by atoms with Crippen molar-refractivity contribution < 1.29 is 44.2 Å². The molecule has 4 N–H and O–H groups in total. The summed E-state index contributed by atoms with van der Waals surface area (Å²) in [5, 5.41) is 40.3. The molecule has 0 aliphatic carbocycles. The summed E-state index contributed by atoms with van der Waals surface area (Å²) in [6.07, 6.45) is 55.0. The van der Waals surface area contributed by atoms with Gasteiger partial charge in [-0.25, -0.2) is 0 Å². The molecule has 1 heterocycles. The Bertz CT molecular complexity index is 1220. The molecule has 65 heavy (non-hydrogen) atoms. The second-order valence-corrected chi connectivity index (χ2v) is 17.9. The third kappa shape index (κ3) is 37.3. The topological polar surface area (TPSA) is 135 Å². The Morgan fingerprint density at radius 3 is 1.43 bits per heavy atom. The Hall–Kier alpha value is -2.37. The average molecular weight is 915 g/mol. The molecule has 0 amide bonds. The monoisotopic (exact) mass is 915 g/mol. The zero-order chi connectivity index (χ0) is 47.1. The van der Waals surface area contributed by atoms with E-state index in [1.54, 1.807) is 0 Å². The Kier molecular flexibility index (Phi) is 43.6. The van der Waals surface area contributed by atoms with Crippen LogP contribution in [0.15, 0.2) is 72.9 Å². The molecule has 1 aliphatic rings. The largest absolute Gasteiger partial charge is 0.457 e. The molecule has 6 unspecified atom stereocenters. The second kappa shape index (κ2) is 46.7. The van der Waals surface area contributed by atoms with Crippen LogP contribution in [0.5, 0.6) is 0 Å². The number of unbranched alkanes of at least 4 members (excludes halogenated alkanes) is 22. The summed E-state index contributed by atoms with van der Waals surface area (Å²) in [5.74, 6) is -0.323. The SMILES string of the molecule is CC/C=C\C/C=C\C/C=C\C/C=C\C/C=C\CCCCCCCCCCCC(=O)OC(COCCCCCCCC/C=C\CCCCCCCCC)COC1OC(CO)C(O)C(O)C1O. The van der Waals surface area contributed by atoms with E-state index in [4.69, 9.17) is 18.9 Å². The molecule has 0 bridgehead atoms. The molecular weight excluding hydrogens is 817 g/mol. The van der Waals surface area contributed by atoms with Crippen molar-refractivity contribution in [3.63, 3.8) is 0 Å². The van der Waals surface area contributed by atoms with Crippen molar-refractivity contribution >= 4 is 5.97 Å². The molecule has 376 valence electrons. The van der Waals surface area contributed by atoms with E-state index in [9.17, 15) is 25.2 Å². The van der Waals surface area contributed by atoms with Crippen LogP contribution in [0.1, 0.15) is 213 Å². The van der Waals surface area contributed by atoms with Crippen molar-refractivity contribution in [3.05, 3.63) is 72.9 Å². The quantitative estimate of drug-likeness (QED) is 0.0267. The van der Waals surface area contributed by atoms with Crippen molar-refractivity contribution in [2.75, 3.05) is 26.4 Å². The number of carbonyl (C=O) groups is 1. The van der Waals surface area contributed by atoms with Crippen molar-refractivity contribution in [2.45, 2.75) is 250 Å². The first-order chi connectivity index (χ1) is 31.9. The summed E-state index contributed by atoms with van der Waals surface area (Å²) < 4.78 is 22.9. The minimum atomic E-state index is -1.54. The smallest absolute Gasteiger partial charge is 0.306 e. The van der Waals surface area contributed by atoms with E-state index in [-0.39, 0.29) is 19.2 Å². The van der Waals surface area contributed by atoms with Gasteiger partial charge in [-0.3, -0.25) is 4.79 Å². The van der Waals surface area contributed by atoms with Gasteiger partial charge in [-0.05, 0) is 83.5 Å². The second-order valence-electron chi connectivity index (χ2n) is 17.9. The Morgan fingerprint density at radius 1 is 0.508 bits per heavy atom. The normalized spacial score (nSPS) is 20.0. The summed E-state index contributed by atoms with van der Waals surface area (Å²) in [7, 11) is 0. The standard InChI is InChI=1S/C56H98O9/c1-3-5-7-9-11-13-15-17-19-21-22-23-24-25-26-27-28-29-31-33-35-37-39-41-43-45-52(58)64-50(49-63-56-55(61)54(60)53(59)51(47-57)65-56)48-62-46-44-42-40-38-36-34-32-30-20-18-16-14-12-10-8-6-4-2/h5,7,11,13,17,19-20,22-23,25-26,30,50-51,53-57,59-61H,3-4,6,8-10,12,14-16,18,21,24,27-29,31-49H2,1-2H3/b7-5-,13-11-,19-17-,23-22-,26-25-,30-20-. The number of aliphatic hydroxyl groups excluding tert-OH is 4. The van der Waals surface area contributed by atoms with E-state index >= 15 is 0 Å². The molecule has 9 heteroatoms. The predicted octanol–water partition coefficient (Wildman–Crippen LogP) is 13.2. The lowest BCUT2D eigenvalue weighted by Gasteiger charge is -2.39. The van der Waals surface area contributed by atoms with Crippen LogP contribution < -0.4 is 0 Å². The molecule has 1 rings (SSSR count). The molecular formula is C56H98O9. The van der Waals surface area contributed by atoms with Crippen LogP contribution in [0.3, 0.4) is 0 Å². The number of hydrogen-bond acceptors (Lipinski definition) is 9. The van der Waals surface area contributed by atoms with Crippen LogP contribution in [0.4, 0.5) is 0 Å². The summed E-state index contributed by atoms with van der Waals surface area (Å²) in [6.45, 7) is 4.43. The van der Waals surface area contributed by atoms with Gasteiger partial charge in [0.15, 0.2) is 6.29 Å². The highest BCUT2D eigenvalue weighted by atomic mass is 16.7. The maximum absolute atomic E-state index is 12.9. The molecule has 0 aromatic rings. The number of rotatable bonds is 45. The van der Waals surface area contributed by atoms with Gasteiger partial charge in [0.05, 0.1) is 19.8 Å². The predicted molar refractivity (Wildman–Crippen MR) is 270 cm³/mol. The minimum absolute atomic E-state index is 0.121. The number of carbonyl (C=O) groups excluding carboxylic acids is 1. The van der Waals surface area contributed by atoms with Gasteiger partial charge in [0.25, 0.3) is 0 Å². The number of esters is 1. The van der Waals surface area contributed by atoms with Gasteiger partial charge in [-0.1, -0.05) is 196 Å². The van der Waals surface area contributed by atoms with Crippen molar-refractivity contribution in [1.29, 1.82) is 0 Å². The van der Waals surface area contributed by atoms with Crippen molar-refractivity contribution in [3.8, 4) is 0 Å². The minimum Gasteiger partial charge on any atom is -0.457 e. The van der Waals surface area contributed by atoms with Gasteiger partial charge >= 0.3 is 5.97 Å². The molecule has 9 nitrogen and oxygen atoms in total. The maximum Gasteiger partial charge on any atom is 0.306 e. The zero-order valence-electron chi connectivity index (χ0n) is 41.5. The molecule has 0 spiro atoms. The van der Waals surface area contributed by atoms with E-state index in [0.717, 1.165) is 77.0 Å². The lowest BCUT2D eigenvalue weighted by Crippen LogP contribution is -2.59. The van der Waals surface area contributed by atoms with Crippen LogP contribution in [-0.4, -0.2) is 89.6 Å². The third-order valence-corrected chi connectivity index (χ3v) is 11.9. The fourth-order valence-electron chi connectivity index (χ4n) is 7.75. The van der Waals surface area contributed by atoms with Crippen molar-refractivity contribution in [1.82, 2.24) is 0 Å². The molecule has 1 fully saturated rings. The highest BCUT2D eigenvalue weighted by molar-refractivity contribution is 5.69. The van der Waals surface area contributed by atoms with Gasteiger partial charge in [0, 0.05) is 13.0 Å². The molecule has 0 aromatic carbocycles. The van der Waals surface area contributed by atoms with Crippen LogP contribution in [0.25, 0.3) is 0 Å². The highest BCUT2D eigenvalue weighted by Gasteiger charge is 2.44. The zero-order valence-corrected chi connectivity index (χ0v) is 41.5. The first-order valence-corrected chi connectivity index (χ1v) is 26.5. The van der Waals surface area contributed by atoms with Crippen LogP contribution in [-0.2, 0) is 23.7 Å². The first-order valence-electron chi connectivity index (χ1n) is 26.5. The summed E-state index contributed by atoms with van der Waals surface area (Å²) in [5.41, 5.74) is 0. The molecule has 0 aromatic heterocycles. The molecule has 1 aliphatic heterocycles. The first kappa shape index (κ1) is 60.6. The molecule has 0 radical (unpaired) electrons. The Morgan fingerprint density at radius 2 is 0.938 bits per heavy atom. The van der Waals surface area contributed by atoms with Crippen LogP contribution in [0.2, 0.25) is 0 Å². The van der Waals surface area contributed by atoms with Crippen LogP contribution >= 0.6 is 0 Å². The fourth-order valence-corrected chi connectivity index (χ4v) is 7.75. The maximum atomic E-state index is 12.9. The number of allylic oxidation sites excluding steroid dienone is 12. The number of ether oxygens (including phenoxy) is 4. The van der Waals surface area contributed by atoms with Gasteiger partial charge < -0.3 is 39.4 Å². The molecule has 0 saturated carbocycles. The van der Waals surface area contributed by atoms with Gasteiger partial charge in [0.2, 0.25) is 0 Å².